The highest BCUT2D eigenvalue weighted by atomic mass is 16.5. The number of hydrogen-bond acceptors (Lipinski definition) is 4. The van der Waals surface area contributed by atoms with Gasteiger partial charge in [-0.1, -0.05) is 13.0 Å². The molecule has 2 atom stereocenters. The zero-order valence-corrected chi connectivity index (χ0v) is 12.1. The molecule has 2 aliphatic heterocycles. The van der Waals surface area contributed by atoms with Crippen molar-refractivity contribution in [1.29, 1.82) is 0 Å². The topological polar surface area (TPSA) is 44.7 Å². The van der Waals surface area contributed by atoms with E-state index < -0.39 is 6.10 Å². The molecule has 1 aromatic rings. The second-order valence-corrected chi connectivity index (χ2v) is 5.71. The van der Waals surface area contributed by atoms with Gasteiger partial charge in [-0.3, -0.25) is 0 Å². The minimum absolute atomic E-state index is 0.192. The Kier molecular flexibility index (Phi) is 4.13. The monoisotopic (exact) mass is 276 g/mol. The van der Waals surface area contributed by atoms with Gasteiger partial charge < -0.3 is 20.1 Å². The van der Waals surface area contributed by atoms with Crippen LogP contribution in [0.25, 0.3) is 0 Å². The van der Waals surface area contributed by atoms with Crippen LogP contribution in [-0.2, 0) is 0 Å². The van der Waals surface area contributed by atoms with Crippen molar-refractivity contribution in [2.45, 2.75) is 38.3 Å². The summed E-state index contributed by atoms with van der Waals surface area (Å²) in [5.41, 5.74) is 2.13. The number of hydrogen-bond donors (Lipinski definition) is 2. The normalized spacial score (nSPS) is 23.3. The molecule has 1 fully saturated rings. The molecule has 3 rings (SSSR count). The van der Waals surface area contributed by atoms with Crippen molar-refractivity contribution in [3.63, 3.8) is 0 Å². The van der Waals surface area contributed by atoms with Gasteiger partial charge in [-0.25, -0.2) is 0 Å². The van der Waals surface area contributed by atoms with Crippen LogP contribution in [-0.4, -0.2) is 37.4 Å². The fraction of sp³-hybridized carbons (Fsp3) is 0.625. The number of ether oxygens (including phenoxy) is 1. The van der Waals surface area contributed by atoms with Gasteiger partial charge in [0.25, 0.3) is 0 Å². The van der Waals surface area contributed by atoms with Crippen molar-refractivity contribution in [3.05, 3.63) is 23.8 Å². The van der Waals surface area contributed by atoms with Crippen LogP contribution in [0.4, 0.5) is 5.69 Å². The van der Waals surface area contributed by atoms with E-state index in [0.29, 0.717) is 0 Å². The van der Waals surface area contributed by atoms with Crippen LogP contribution in [0.15, 0.2) is 18.2 Å². The molecule has 0 saturated carbocycles. The highest BCUT2D eigenvalue weighted by molar-refractivity contribution is 5.61. The number of anilines is 1. The number of benzene rings is 1. The van der Waals surface area contributed by atoms with Gasteiger partial charge >= 0.3 is 0 Å². The first-order chi connectivity index (χ1) is 9.79. The molecule has 1 aromatic carbocycles. The predicted octanol–water partition coefficient (Wildman–Crippen LogP) is 2.08. The summed E-state index contributed by atoms with van der Waals surface area (Å²) in [5, 5.41) is 13.9. The molecule has 1 saturated heterocycles. The fourth-order valence-electron chi connectivity index (χ4n) is 3.19. The van der Waals surface area contributed by atoms with E-state index in [2.05, 4.69) is 23.2 Å². The minimum Gasteiger partial charge on any atom is -0.490 e. The highest BCUT2D eigenvalue weighted by Gasteiger charge is 2.26. The van der Waals surface area contributed by atoms with Gasteiger partial charge in [-0.2, -0.15) is 0 Å². The lowest BCUT2D eigenvalue weighted by Crippen LogP contribution is -2.34. The Bertz CT molecular complexity index is 458. The van der Waals surface area contributed by atoms with Crippen LogP contribution in [0.2, 0.25) is 0 Å². The molecule has 0 aliphatic carbocycles. The van der Waals surface area contributed by atoms with Crippen molar-refractivity contribution in [3.8, 4) is 5.75 Å². The Hall–Kier alpha value is -1.26. The summed E-state index contributed by atoms with van der Waals surface area (Å²) >= 11 is 0. The lowest BCUT2D eigenvalue weighted by molar-refractivity contribution is 0.137. The summed E-state index contributed by atoms with van der Waals surface area (Å²) in [7, 11) is 0. The van der Waals surface area contributed by atoms with Crippen LogP contribution in [0.3, 0.4) is 0 Å². The zero-order valence-electron chi connectivity index (χ0n) is 12.1. The maximum absolute atomic E-state index is 10.5. The van der Waals surface area contributed by atoms with Gasteiger partial charge in [0.1, 0.15) is 12.4 Å². The molecule has 0 aromatic heterocycles. The van der Waals surface area contributed by atoms with Crippen LogP contribution in [0.5, 0.6) is 5.75 Å². The standard InChI is InChI=1S/C16H24N2O2/c1-2-8-18-9-10-20-15-6-5-12(11-14(15)18)16(19)13-4-3-7-17-13/h5-6,11,13,16-17,19H,2-4,7-10H2,1H3. The number of aliphatic hydroxyl groups excluding tert-OH is 1. The van der Waals surface area contributed by atoms with E-state index in [-0.39, 0.29) is 6.04 Å². The first kappa shape index (κ1) is 13.7. The largest absolute Gasteiger partial charge is 0.490 e. The molecule has 0 spiro atoms. The molecule has 20 heavy (non-hydrogen) atoms. The molecule has 4 nitrogen and oxygen atoms in total. The second kappa shape index (κ2) is 6.02. The molecule has 0 amide bonds. The van der Waals surface area contributed by atoms with E-state index in [1.165, 1.54) is 0 Å². The Morgan fingerprint density at radius 3 is 3.15 bits per heavy atom. The number of fused-ring (bicyclic) bond motifs is 1. The van der Waals surface area contributed by atoms with Crippen molar-refractivity contribution in [2.24, 2.45) is 0 Å². The lowest BCUT2D eigenvalue weighted by Gasteiger charge is -2.32. The Morgan fingerprint density at radius 1 is 1.50 bits per heavy atom. The van der Waals surface area contributed by atoms with Crippen molar-refractivity contribution in [2.75, 3.05) is 31.1 Å². The third kappa shape index (κ3) is 2.63. The van der Waals surface area contributed by atoms with Crippen LogP contribution < -0.4 is 15.0 Å². The molecule has 4 heteroatoms. The second-order valence-electron chi connectivity index (χ2n) is 5.71. The Morgan fingerprint density at radius 2 is 2.40 bits per heavy atom. The van der Waals surface area contributed by atoms with Gasteiger partial charge in [0.2, 0.25) is 0 Å². The molecule has 110 valence electrons. The maximum atomic E-state index is 10.5. The molecule has 2 aliphatic rings. The SMILES string of the molecule is CCCN1CCOc2ccc(C(O)C3CCCN3)cc21. The van der Waals surface area contributed by atoms with E-state index in [1.807, 2.05) is 12.1 Å². The first-order valence-corrected chi connectivity index (χ1v) is 7.72. The van der Waals surface area contributed by atoms with E-state index in [1.54, 1.807) is 0 Å². The van der Waals surface area contributed by atoms with Gasteiger partial charge in [0.05, 0.1) is 18.3 Å². The average molecular weight is 276 g/mol. The lowest BCUT2D eigenvalue weighted by atomic mass is 9.99. The number of aliphatic hydroxyl groups is 1. The molecular formula is C16H24N2O2. The summed E-state index contributed by atoms with van der Waals surface area (Å²) in [4.78, 5) is 2.36. The van der Waals surface area contributed by atoms with Crippen LogP contribution in [0.1, 0.15) is 37.9 Å². The van der Waals surface area contributed by atoms with E-state index in [0.717, 1.165) is 62.5 Å². The molecule has 2 unspecified atom stereocenters. The fourth-order valence-corrected chi connectivity index (χ4v) is 3.19. The summed E-state index contributed by atoms with van der Waals surface area (Å²) in [6.07, 6.45) is 2.90. The Labute approximate surface area is 120 Å². The van der Waals surface area contributed by atoms with Crippen molar-refractivity contribution in [1.82, 2.24) is 5.32 Å². The number of rotatable bonds is 4. The maximum Gasteiger partial charge on any atom is 0.142 e. The average Bonchev–Trinajstić information content (AvgIpc) is 3.01. The zero-order chi connectivity index (χ0) is 13.9. The number of nitrogens with one attached hydrogen (secondary N) is 1. The quantitative estimate of drug-likeness (QED) is 0.884. The predicted molar refractivity (Wildman–Crippen MR) is 80.4 cm³/mol. The van der Waals surface area contributed by atoms with Crippen LogP contribution >= 0.6 is 0 Å². The van der Waals surface area contributed by atoms with Gasteiger partial charge in [0.15, 0.2) is 0 Å². The third-order valence-electron chi connectivity index (χ3n) is 4.26. The highest BCUT2D eigenvalue weighted by Crippen LogP contribution is 2.35. The summed E-state index contributed by atoms with van der Waals surface area (Å²) < 4.78 is 5.72. The summed E-state index contributed by atoms with van der Waals surface area (Å²) in [6, 6.07) is 6.30. The smallest absolute Gasteiger partial charge is 0.142 e. The van der Waals surface area contributed by atoms with Crippen molar-refractivity contribution >= 4 is 5.69 Å². The first-order valence-electron chi connectivity index (χ1n) is 7.72. The minimum atomic E-state index is -0.423. The van der Waals surface area contributed by atoms with Crippen molar-refractivity contribution < 1.29 is 9.84 Å². The molecule has 2 heterocycles. The van der Waals surface area contributed by atoms with Crippen LogP contribution in [0, 0.1) is 0 Å². The summed E-state index contributed by atoms with van der Waals surface area (Å²) in [5.74, 6) is 0.944. The van der Waals surface area contributed by atoms with Gasteiger partial charge in [-0.15, -0.1) is 0 Å². The summed E-state index contributed by atoms with van der Waals surface area (Å²) in [6.45, 7) is 5.92. The molecule has 0 radical (unpaired) electrons. The molecular weight excluding hydrogens is 252 g/mol. The van der Waals surface area contributed by atoms with Gasteiger partial charge in [0, 0.05) is 12.6 Å². The van der Waals surface area contributed by atoms with E-state index in [9.17, 15) is 5.11 Å². The molecule has 2 N–H and O–H groups in total. The number of nitrogens with zero attached hydrogens (tertiary/aromatic N) is 1. The third-order valence-corrected chi connectivity index (χ3v) is 4.26. The molecule has 0 bridgehead atoms. The van der Waals surface area contributed by atoms with Gasteiger partial charge in [-0.05, 0) is 43.5 Å². The van der Waals surface area contributed by atoms with E-state index in [4.69, 9.17) is 4.74 Å². The van der Waals surface area contributed by atoms with E-state index >= 15 is 0 Å². The Balaban J connectivity index is 1.84.